The molecule has 5 aliphatic heterocycles. The van der Waals surface area contributed by atoms with Crippen molar-refractivity contribution in [2.75, 3.05) is 0 Å². The Morgan fingerprint density at radius 1 is 0.617 bits per heavy atom. The molecule has 0 unspecified atom stereocenters. The van der Waals surface area contributed by atoms with Crippen molar-refractivity contribution in [1.82, 2.24) is 0 Å². The minimum absolute atomic E-state index is 0.0256. The summed E-state index contributed by atoms with van der Waals surface area (Å²) in [7, 11) is 0. The lowest BCUT2D eigenvalue weighted by molar-refractivity contribution is 0.485. The molecule has 4 nitrogen and oxygen atoms in total. The van der Waals surface area contributed by atoms with E-state index in [9.17, 15) is 0 Å². The second kappa shape index (κ2) is 11.3. The average Bonchev–Trinajstić information content (AvgIpc) is 3.79. The van der Waals surface area contributed by atoms with Crippen molar-refractivity contribution in [3.8, 4) is 0 Å². The van der Waals surface area contributed by atoms with Crippen LogP contribution in [0.5, 0.6) is 0 Å². The zero-order chi connectivity index (χ0) is 33.3. The molecule has 0 atom stereocenters. The first-order chi connectivity index (χ1) is 22.1. The molecule has 0 aromatic heterocycles. The van der Waals surface area contributed by atoms with Gasteiger partial charge in [0.25, 0.3) is 0 Å². The summed E-state index contributed by atoms with van der Waals surface area (Å²) in [6.07, 6.45) is 17.9. The predicted molar refractivity (Wildman–Crippen MR) is 209 cm³/mol. The molecular formula is C42H41IN4. The number of benzene rings is 2. The number of halogens is 1. The van der Waals surface area contributed by atoms with Crippen molar-refractivity contribution >= 4 is 56.6 Å². The summed E-state index contributed by atoms with van der Waals surface area (Å²) in [4.78, 5) is 20.9. The molecule has 0 spiro atoms. The first kappa shape index (κ1) is 31.6. The van der Waals surface area contributed by atoms with Crippen LogP contribution in [0.4, 0.5) is 0 Å². The van der Waals surface area contributed by atoms with Crippen LogP contribution in [-0.2, 0) is 10.8 Å². The summed E-state index contributed by atoms with van der Waals surface area (Å²) in [5.74, 6) is 0. The van der Waals surface area contributed by atoms with Crippen molar-refractivity contribution in [3.05, 3.63) is 140 Å². The topological polar surface area (TPSA) is 49.4 Å². The molecule has 47 heavy (non-hydrogen) atoms. The Kier molecular flexibility index (Phi) is 7.62. The lowest BCUT2D eigenvalue weighted by Crippen LogP contribution is -2.17. The maximum absolute atomic E-state index is 5.39. The molecule has 0 radical (unpaired) electrons. The van der Waals surface area contributed by atoms with Crippen molar-refractivity contribution in [3.63, 3.8) is 0 Å². The van der Waals surface area contributed by atoms with Crippen molar-refractivity contribution in [2.24, 2.45) is 25.4 Å². The molecule has 0 saturated heterocycles. The molecule has 2 aromatic carbocycles. The van der Waals surface area contributed by atoms with Crippen LogP contribution >= 0.6 is 22.6 Å². The van der Waals surface area contributed by atoms with Crippen LogP contribution in [0.2, 0.25) is 0 Å². The van der Waals surface area contributed by atoms with Gasteiger partial charge < -0.3 is 0 Å². The highest BCUT2D eigenvalue weighted by Crippen LogP contribution is 2.41. The maximum atomic E-state index is 5.39. The van der Waals surface area contributed by atoms with Crippen molar-refractivity contribution < 1.29 is 0 Å². The molecule has 7 rings (SSSR count). The van der Waals surface area contributed by atoms with Gasteiger partial charge >= 0.3 is 0 Å². The zero-order valence-corrected chi connectivity index (χ0v) is 30.7. The van der Waals surface area contributed by atoms with Gasteiger partial charge in [-0.2, -0.15) is 0 Å². The van der Waals surface area contributed by atoms with Crippen LogP contribution in [-0.4, -0.2) is 22.8 Å². The molecular weight excluding hydrogens is 687 g/mol. The van der Waals surface area contributed by atoms with Gasteiger partial charge in [0.2, 0.25) is 0 Å². The Bertz CT molecular complexity index is 2030. The zero-order valence-electron chi connectivity index (χ0n) is 28.5. The molecule has 0 saturated carbocycles. The number of rotatable bonds is 2. The largest absolute Gasteiger partial charge is 0.257 e. The smallest absolute Gasteiger partial charge is 0.0738 e. The summed E-state index contributed by atoms with van der Waals surface area (Å²) >= 11 is 2.36. The van der Waals surface area contributed by atoms with E-state index < -0.39 is 0 Å². The minimum atomic E-state index is -0.107. The van der Waals surface area contributed by atoms with Gasteiger partial charge in [0.15, 0.2) is 0 Å². The van der Waals surface area contributed by atoms with E-state index in [1.165, 1.54) is 14.7 Å². The summed E-state index contributed by atoms with van der Waals surface area (Å²) in [5.41, 5.74) is 14.2. The number of hydrogen-bond donors (Lipinski definition) is 0. The summed E-state index contributed by atoms with van der Waals surface area (Å²) in [6, 6.07) is 15.7. The fourth-order valence-corrected chi connectivity index (χ4v) is 6.81. The Labute approximate surface area is 292 Å². The van der Waals surface area contributed by atoms with Crippen LogP contribution in [0.25, 0.3) is 11.1 Å². The Morgan fingerprint density at radius 2 is 1.21 bits per heavy atom. The van der Waals surface area contributed by atoms with Crippen LogP contribution in [0.15, 0.2) is 134 Å². The van der Waals surface area contributed by atoms with Gasteiger partial charge in [-0.15, -0.1) is 0 Å². The lowest BCUT2D eigenvalue weighted by Gasteiger charge is -2.27. The second-order valence-corrected chi connectivity index (χ2v) is 16.9. The number of nitrogens with zero attached hydrogens (tertiary/aromatic N) is 4. The summed E-state index contributed by atoms with van der Waals surface area (Å²) < 4.78 is 1.19. The van der Waals surface area contributed by atoms with E-state index in [2.05, 4.69) is 169 Å². The van der Waals surface area contributed by atoms with E-state index in [0.717, 1.165) is 74.3 Å². The maximum Gasteiger partial charge on any atom is 0.0738 e. The third-order valence-electron chi connectivity index (χ3n) is 9.25. The van der Waals surface area contributed by atoms with E-state index >= 15 is 0 Å². The van der Waals surface area contributed by atoms with E-state index in [-0.39, 0.29) is 16.2 Å². The molecule has 0 fully saturated rings. The molecule has 5 heterocycles. The standard InChI is InChI=1S/C42H41IN4/c1-40(2,3)27-19-26(20-28(21-27)41(4,5)6)39-34-16-14-31(45-34)23-37-42(7,8)24-32(46-37)22-30-13-15-33(44-30)38(35-17-18-36(39)47-35)25-9-11-29(43)12-10-25/h9-23H,24H2,1-8H3. The molecule has 2 aromatic rings. The fourth-order valence-electron chi connectivity index (χ4n) is 6.45. The van der Waals surface area contributed by atoms with E-state index in [1.54, 1.807) is 0 Å². The Balaban J connectivity index is 1.53. The molecule has 5 heteroatoms. The summed E-state index contributed by atoms with van der Waals surface area (Å²) in [6.45, 7) is 18.2. The van der Waals surface area contributed by atoms with Gasteiger partial charge in [-0.1, -0.05) is 85.7 Å². The molecule has 236 valence electrons. The van der Waals surface area contributed by atoms with Crippen LogP contribution in [0.1, 0.15) is 84.1 Å². The molecule has 0 N–H and O–H groups in total. The molecule has 0 aliphatic carbocycles. The third-order valence-corrected chi connectivity index (χ3v) is 9.97. The first-order valence-electron chi connectivity index (χ1n) is 16.4. The summed E-state index contributed by atoms with van der Waals surface area (Å²) in [5, 5.41) is 0. The predicted octanol–water partition coefficient (Wildman–Crippen LogP) is 10.7. The van der Waals surface area contributed by atoms with E-state index in [0.29, 0.717) is 0 Å². The van der Waals surface area contributed by atoms with Gasteiger partial charge in [0.05, 0.1) is 34.2 Å². The van der Waals surface area contributed by atoms with Gasteiger partial charge in [0, 0.05) is 38.0 Å². The molecule has 5 aliphatic rings. The highest BCUT2D eigenvalue weighted by molar-refractivity contribution is 14.1. The Hall–Kier alpha value is -3.97. The van der Waals surface area contributed by atoms with Gasteiger partial charge in [-0.25, -0.2) is 15.0 Å². The minimum Gasteiger partial charge on any atom is -0.257 e. The SMILES string of the molecule is CC1(C)CC2=NC1=CC1=NC(=C(c3cc(C(C)(C)C)cc(C(C)(C)C)c3)C3=NC(=C(c4ccc(I)cc4)C4=NC(=C2)C=C4)C=C3)C=C1. The first-order valence-corrected chi connectivity index (χ1v) is 17.5. The quantitative estimate of drug-likeness (QED) is 0.277. The van der Waals surface area contributed by atoms with Gasteiger partial charge in [0.1, 0.15) is 0 Å². The average molecular weight is 729 g/mol. The normalized spacial score (nSPS) is 20.0. The molecule has 8 bridgehead atoms. The fraction of sp³-hybridized carbons (Fsp3) is 0.286. The molecule has 0 amide bonds. The Morgan fingerprint density at radius 3 is 1.89 bits per heavy atom. The number of aliphatic imine (C=N–C) groups is 4. The number of allylic oxidation sites excluding steroid dienone is 11. The van der Waals surface area contributed by atoms with Crippen molar-refractivity contribution in [2.45, 2.75) is 72.6 Å². The van der Waals surface area contributed by atoms with Crippen LogP contribution in [0, 0.1) is 8.99 Å². The number of hydrogen-bond acceptors (Lipinski definition) is 4. The van der Waals surface area contributed by atoms with Gasteiger partial charge in [-0.05, 0) is 116 Å². The van der Waals surface area contributed by atoms with E-state index in [4.69, 9.17) is 20.0 Å². The number of fused-ring (bicyclic) bond motifs is 4. The second-order valence-electron chi connectivity index (χ2n) is 15.6. The van der Waals surface area contributed by atoms with Crippen molar-refractivity contribution in [1.29, 1.82) is 0 Å². The van der Waals surface area contributed by atoms with Gasteiger partial charge in [-0.3, -0.25) is 4.99 Å². The third kappa shape index (κ3) is 6.22. The highest BCUT2D eigenvalue weighted by Gasteiger charge is 2.32. The highest BCUT2D eigenvalue weighted by atomic mass is 127. The lowest BCUT2D eigenvalue weighted by atomic mass is 9.78. The van der Waals surface area contributed by atoms with Crippen LogP contribution in [0.3, 0.4) is 0 Å². The van der Waals surface area contributed by atoms with E-state index in [1.807, 2.05) is 0 Å². The monoisotopic (exact) mass is 728 g/mol. The van der Waals surface area contributed by atoms with Crippen LogP contribution < -0.4 is 0 Å².